The Bertz CT molecular complexity index is 1200. The van der Waals surface area contributed by atoms with Crippen LogP contribution >= 0.6 is 22.9 Å². The van der Waals surface area contributed by atoms with Crippen molar-refractivity contribution in [3.8, 4) is 5.75 Å². The van der Waals surface area contributed by atoms with Gasteiger partial charge in [0.25, 0.3) is 0 Å². The summed E-state index contributed by atoms with van der Waals surface area (Å²) < 4.78 is 32.5. The molecule has 3 aromatic rings. The van der Waals surface area contributed by atoms with Crippen LogP contribution in [-0.2, 0) is 14.6 Å². The van der Waals surface area contributed by atoms with Gasteiger partial charge in [0.2, 0.25) is 15.7 Å². The van der Waals surface area contributed by atoms with Crippen LogP contribution in [0, 0.1) is 0 Å². The van der Waals surface area contributed by atoms with Gasteiger partial charge in [-0.05, 0) is 36.8 Å². The summed E-state index contributed by atoms with van der Waals surface area (Å²) >= 11 is 7.25. The standard InChI is InChI=1S/C23H22ClNO4S2/c1-2-3-12-29-19-7-5-4-6-17(19)18-13-21(26)25-22-20(14-30-23(18)22)31(27,28)16-10-8-15(24)9-11-16/h4-11,14,18H,2-3,12-13H2,1H3,(H,25,26). The van der Waals surface area contributed by atoms with Crippen LogP contribution in [0.25, 0.3) is 0 Å². The number of fused-ring (bicyclic) bond motifs is 1. The molecule has 4 rings (SSSR count). The van der Waals surface area contributed by atoms with Gasteiger partial charge in [0.05, 0.1) is 17.2 Å². The largest absolute Gasteiger partial charge is 0.493 e. The quantitative estimate of drug-likeness (QED) is 0.432. The first-order valence-corrected chi connectivity index (χ1v) is 12.8. The van der Waals surface area contributed by atoms with E-state index in [9.17, 15) is 13.2 Å². The van der Waals surface area contributed by atoms with E-state index in [0.29, 0.717) is 17.3 Å². The van der Waals surface area contributed by atoms with E-state index < -0.39 is 9.84 Å². The van der Waals surface area contributed by atoms with Crippen LogP contribution in [0.5, 0.6) is 5.75 Å². The van der Waals surface area contributed by atoms with Crippen molar-refractivity contribution >= 4 is 44.4 Å². The first-order valence-electron chi connectivity index (χ1n) is 10.1. The molecule has 1 aromatic heterocycles. The van der Waals surface area contributed by atoms with E-state index in [2.05, 4.69) is 12.2 Å². The molecule has 0 aliphatic carbocycles. The maximum Gasteiger partial charge on any atom is 0.225 e. The van der Waals surface area contributed by atoms with Gasteiger partial charge in [0.15, 0.2) is 0 Å². The number of nitrogens with one attached hydrogen (secondary N) is 1. The molecule has 162 valence electrons. The van der Waals surface area contributed by atoms with E-state index in [1.807, 2.05) is 24.3 Å². The number of sulfone groups is 1. The minimum Gasteiger partial charge on any atom is -0.493 e. The highest BCUT2D eigenvalue weighted by Crippen LogP contribution is 2.47. The highest BCUT2D eigenvalue weighted by Gasteiger charge is 2.35. The molecule has 1 aliphatic rings. The number of para-hydroxylation sites is 1. The topological polar surface area (TPSA) is 72.5 Å². The van der Waals surface area contributed by atoms with Crippen molar-refractivity contribution in [1.29, 1.82) is 0 Å². The van der Waals surface area contributed by atoms with Crippen molar-refractivity contribution in [1.82, 2.24) is 0 Å². The number of halogens is 1. The summed E-state index contributed by atoms with van der Waals surface area (Å²) in [5.41, 5.74) is 1.26. The number of amides is 1. The molecule has 1 atom stereocenters. The molecular formula is C23H22ClNO4S2. The Hall–Kier alpha value is -2.35. The summed E-state index contributed by atoms with van der Waals surface area (Å²) in [4.78, 5) is 13.6. The molecule has 1 amide bonds. The zero-order chi connectivity index (χ0) is 22.0. The SMILES string of the molecule is CCCCOc1ccccc1C1CC(=O)Nc2c(S(=O)(=O)c3ccc(Cl)cc3)csc21. The molecule has 0 fully saturated rings. The minimum absolute atomic E-state index is 0.109. The van der Waals surface area contributed by atoms with Gasteiger partial charge in [-0.25, -0.2) is 8.42 Å². The molecule has 0 spiro atoms. The fourth-order valence-corrected chi connectivity index (χ4v) is 6.65. The second kappa shape index (κ2) is 9.02. The Morgan fingerprint density at radius 1 is 1.16 bits per heavy atom. The summed E-state index contributed by atoms with van der Waals surface area (Å²) in [6, 6.07) is 13.7. The van der Waals surface area contributed by atoms with Gasteiger partial charge >= 0.3 is 0 Å². The monoisotopic (exact) mass is 475 g/mol. The lowest BCUT2D eigenvalue weighted by Gasteiger charge is -2.25. The Morgan fingerprint density at radius 2 is 1.90 bits per heavy atom. The van der Waals surface area contributed by atoms with Gasteiger partial charge in [0, 0.05) is 33.2 Å². The first kappa shape index (κ1) is 21.9. The maximum atomic E-state index is 13.3. The molecule has 5 nitrogen and oxygen atoms in total. The molecule has 31 heavy (non-hydrogen) atoms. The number of benzene rings is 2. The molecule has 0 saturated heterocycles. The van der Waals surface area contributed by atoms with Crippen LogP contribution in [0.15, 0.2) is 63.7 Å². The molecule has 0 saturated carbocycles. The molecule has 2 aromatic carbocycles. The van der Waals surface area contributed by atoms with E-state index in [0.717, 1.165) is 29.0 Å². The van der Waals surface area contributed by atoms with Crippen LogP contribution in [0.4, 0.5) is 5.69 Å². The average Bonchev–Trinajstić information content (AvgIpc) is 3.19. The van der Waals surface area contributed by atoms with Crippen LogP contribution < -0.4 is 10.1 Å². The molecule has 8 heteroatoms. The van der Waals surface area contributed by atoms with Crippen molar-refractivity contribution in [3.05, 3.63) is 69.4 Å². The number of hydrogen-bond donors (Lipinski definition) is 1. The van der Waals surface area contributed by atoms with E-state index in [-0.39, 0.29) is 28.0 Å². The number of ether oxygens (including phenoxy) is 1. The van der Waals surface area contributed by atoms with Gasteiger partial charge in [-0.2, -0.15) is 0 Å². The molecule has 1 aliphatic heterocycles. The molecule has 0 radical (unpaired) electrons. The summed E-state index contributed by atoms with van der Waals surface area (Å²) in [6.07, 6.45) is 2.20. The molecule has 1 N–H and O–H groups in total. The van der Waals surface area contributed by atoms with E-state index >= 15 is 0 Å². The van der Waals surface area contributed by atoms with Gasteiger partial charge in [0.1, 0.15) is 10.6 Å². The zero-order valence-electron chi connectivity index (χ0n) is 16.9. The van der Waals surface area contributed by atoms with Crippen molar-refractivity contribution in [2.24, 2.45) is 0 Å². The fraction of sp³-hybridized carbons (Fsp3) is 0.261. The van der Waals surface area contributed by atoms with Crippen molar-refractivity contribution in [2.45, 2.75) is 41.9 Å². The summed E-state index contributed by atoms with van der Waals surface area (Å²) in [7, 11) is -3.80. The van der Waals surface area contributed by atoms with E-state index in [1.54, 1.807) is 17.5 Å². The number of hydrogen-bond acceptors (Lipinski definition) is 5. The van der Waals surface area contributed by atoms with Crippen LogP contribution in [0.3, 0.4) is 0 Å². The number of carbonyl (C=O) groups is 1. The van der Waals surface area contributed by atoms with Gasteiger partial charge in [-0.3, -0.25) is 4.79 Å². The predicted octanol–water partition coefficient (Wildman–Crippen LogP) is 5.89. The van der Waals surface area contributed by atoms with Crippen LogP contribution in [-0.4, -0.2) is 20.9 Å². The Morgan fingerprint density at radius 3 is 2.65 bits per heavy atom. The van der Waals surface area contributed by atoms with E-state index in [4.69, 9.17) is 16.3 Å². The number of unbranched alkanes of at least 4 members (excludes halogenated alkanes) is 1. The number of carbonyl (C=O) groups excluding carboxylic acids is 1. The lowest BCUT2D eigenvalue weighted by molar-refractivity contribution is -0.116. The molecular weight excluding hydrogens is 454 g/mol. The fourth-order valence-electron chi connectivity index (χ4n) is 3.62. The van der Waals surface area contributed by atoms with Crippen molar-refractivity contribution in [2.75, 3.05) is 11.9 Å². The summed E-state index contributed by atoms with van der Waals surface area (Å²) in [6.45, 7) is 2.70. The highest BCUT2D eigenvalue weighted by molar-refractivity contribution is 7.91. The van der Waals surface area contributed by atoms with Crippen LogP contribution in [0.1, 0.15) is 42.5 Å². The Labute approximate surface area is 190 Å². The van der Waals surface area contributed by atoms with Crippen molar-refractivity contribution < 1.29 is 17.9 Å². The van der Waals surface area contributed by atoms with Gasteiger partial charge in [-0.15, -0.1) is 11.3 Å². The van der Waals surface area contributed by atoms with E-state index in [1.165, 1.54) is 23.5 Å². The molecule has 1 unspecified atom stereocenters. The highest BCUT2D eigenvalue weighted by atomic mass is 35.5. The Kier molecular flexibility index (Phi) is 6.36. The summed E-state index contributed by atoms with van der Waals surface area (Å²) in [5.74, 6) is 0.254. The third kappa shape index (κ3) is 4.35. The first-order chi connectivity index (χ1) is 14.9. The van der Waals surface area contributed by atoms with Crippen molar-refractivity contribution in [3.63, 3.8) is 0 Å². The maximum absolute atomic E-state index is 13.3. The minimum atomic E-state index is -3.80. The molecule has 2 heterocycles. The molecule has 0 bridgehead atoms. The lowest BCUT2D eigenvalue weighted by Crippen LogP contribution is -2.23. The normalized spacial score (nSPS) is 15.9. The Balaban J connectivity index is 1.76. The van der Waals surface area contributed by atoms with Crippen LogP contribution in [0.2, 0.25) is 5.02 Å². The summed E-state index contributed by atoms with van der Waals surface area (Å²) in [5, 5.41) is 4.86. The lowest BCUT2D eigenvalue weighted by atomic mass is 9.90. The average molecular weight is 476 g/mol. The zero-order valence-corrected chi connectivity index (χ0v) is 19.3. The van der Waals surface area contributed by atoms with Gasteiger partial charge in [-0.1, -0.05) is 43.1 Å². The third-order valence-corrected chi connectivity index (χ3v) is 8.51. The number of anilines is 1. The third-order valence-electron chi connectivity index (χ3n) is 5.22. The smallest absolute Gasteiger partial charge is 0.225 e. The van der Waals surface area contributed by atoms with Gasteiger partial charge < -0.3 is 10.1 Å². The predicted molar refractivity (Wildman–Crippen MR) is 123 cm³/mol. The number of rotatable bonds is 7. The number of thiophene rings is 1. The second-order valence-electron chi connectivity index (χ2n) is 7.34. The second-order valence-corrected chi connectivity index (χ2v) is 10.6.